The van der Waals surface area contributed by atoms with Gasteiger partial charge in [0, 0.05) is 38.3 Å². The minimum atomic E-state index is -1.06. The molecule has 3 rings (SSSR count). The zero-order chi connectivity index (χ0) is 19.8. The van der Waals surface area contributed by atoms with E-state index in [4.69, 9.17) is 4.42 Å². The second-order valence-corrected chi connectivity index (χ2v) is 7.98. The Kier molecular flexibility index (Phi) is 9.48. The lowest BCUT2D eigenvalue weighted by atomic mass is 9.89. The quantitative estimate of drug-likeness (QED) is 0.286. The molecule has 0 saturated heterocycles. The van der Waals surface area contributed by atoms with Crippen LogP contribution in [-0.4, -0.2) is 40.5 Å². The third-order valence-electron chi connectivity index (χ3n) is 5.40. The molecule has 8 heteroatoms. The van der Waals surface area contributed by atoms with Crippen LogP contribution in [0.15, 0.2) is 40.2 Å². The van der Waals surface area contributed by atoms with E-state index in [1.165, 1.54) is 32.1 Å². The first-order valence-corrected chi connectivity index (χ1v) is 10.3. The van der Waals surface area contributed by atoms with Gasteiger partial charge in [-0.3, -0.25) is 4.68 Å². The van der Waals surface area contributed by atoms with Crippen LogP contribution in [0.5, 0.6) is 0 Å². The Labute approximate surface area is 190 Å². The maximum atomic E-state index is 10.8. The first kappa shape index (κ1) is 23.7. The molecule has 1 saturated carbocycles. The zero-order valence-electron chi connectivity index (χ0n) is 17.4. The lowest BCUT2D eigenvalue weighted by molar-refractivity contribution is 0.0671. The van der Waals surface area contributed by atoms with Crippen molar-refractivity contribution in [2.75, 3.05) is 19.6 Å². The molecule has 7 nitrogen and oxygen atoms in total. The van der Waals surface area contributed by atoms with Crippen molar-refractivity contribution in [1.29, 1.82) is 0 Å². The van der Waals surface area contributed by atoms with E-state index in [1.54, 1.807) is 24.1 Å². The van der Waals surface area contributed by atoms with E-state index in [-0.39, 0.29) is 30.5 Å². The van der Waals surface area contributed by atoms with Gasteiger partial charge in [-0.1, -0.05) is 19.3 Å². The predicted molar refractivity (Wildman–Crippen MR) is 125 cm³/mol. The molecule has 0 amide bonds. The number of nitrogens with one attached hydrogen (secondary N) is 2. The van der Waals surface area contributed by atoms with Gasteiger partial charge in [-0.25, -0.2) is 4.99 Å². The number of furan rings is 1. The number of aromatic nitrogens is 2. The van der Waals surface area contributed by atoms with E-state index in [1.807, 2.05) is 25.4 Å². The molecule has 1 fully saturated rings. The van der Waals surface area contributed by atoms with Crippen LogP contribution >= 0.6 is 24.0 Å². The minimum Gasteiger partial charge on any atom is -0.469 e. The fourth-order valence-electron chi connectivity index (χ4n) is 3.59. The summed E-state index contributed by atoms with van der Waals surface area (Å²) in [5.74, 6) is 2.38. The molecule has 0 spiro atoms. The maximum Gasteiger partial charge on any atom is 0.191 e. The Bertz CT molecular complexity index is 736. The van der Waals surface area contributed by atoms with E-state index in [0.29, 0.717) is 5.92 Å². The van der Waals surface area contributed by atoms with Crippen LogP contribution in [0.2, 0.25) is 0 Å². The van der Waals surface area contributed by atoms with Crippen molar-refractivity contribution in [3.05, 3.63) is 42.1 Å². The van der Waals surface area contributed by atoms with Crippen molar-refractivity contribution in [3.8, 4) is 0 Å². The molecule has 162 valence electrons. The third kappa shape index (κ3) is 7.65. The highest BCUT2D eigenvalue weighted by atomic mass is 127. The average molecular weight is 515 g/mol. The Morgan fingerprint density at radius 1 is 1.34 bits per heavy atom. The summed E-state index contributed by atoms with van der Waals surface area (Å²) in [6, 6.07) is 3.87. The van der Waals surface area contributed by atoms with E-state index < -0.39 is 5.60 Å². The normalized spacial score (nSPS) is 17.4. The Balaban J connectivity index is 0.00000300. The van der Waals surface area contributed by atoms with Crippen LogP contribution in [-0.2, 0) is 19.1 Å². The number of hydrogen-bond donors (Lipinski definition) is 3. The number of nitrogens with zero attached hydrogens (tertiary/aromatic N) is 3. The minimum absolute atomic E-state index is 0. The number of aliphatic imine (C=N–C) groups is 1. The molecular weight excluding hydrogens is 481 g/mol. The second kappa shape index (κ2) is 11.6. The molecule has 1 aliphatic rings. The van der Waals surface area contributed by atoms with Crippen molar-refractivity contribution in [2.45, 2.75) is 51.0 Å². The molecule has 2 aromatic heterocycles. The van der Waals surface area contributed by atoms with Gasteiger partial charge in [-0.2, -0.15) is 5.10 Å². The van der Waals surface area contributed by atoms with Gasteiger partial charge in [0.25, 0.3) is 0 Å². The summed E-state index contributed by atoms with van der Waals surface area (Å²) in [5, 5.41) is 21.8. The monoisotopic (exact) mass is 515 g/mol. The summed E-state index contributed by atoms with van der Waals surface area (Å²) in [6.07, 6.45) is 12.5. The summed E-state index contributed by atoms with van der Waals surface area (Å²) in [4.78, 5) is 4.66. The number of guanidine groups is 1. The van der Waals surface area contributed by atoms with Crippen LogP contribution < -0.4 is 10.6 Å². The lowest BCUT2D eigenvalue weighted by Gasteiger charge is -2.24. The van der Waals surface area contributed by atoms with Crippen LogP contribution in [0.4, 0.5) is 0 Å². The summed E-state index contributed by atoms with van der Waals surface area (Å²) >= 11 is 0. The highest BCUT2D eigenvalue weighted by Crippen LogP contribution is 2.23. The van der Waals surface area contributed by atoms with Crippen molar-refractivity contribution >= 4 is 29.9 Å². The van der Waals surface area contributed by atoms with E-state index >= 15 is 0 Å². The molecular formula is C21H34IN5O2. The summed E-state index contributed by atoms with van der Waals surface area (Å²) in [5.41, 5.74) is -0.296. The maximum absolute atomic E-state index is 10.8. The highest BCUT2D eigenvalue weighted by Gasteiger charge is 2.24. The standard InChI is InChI=1S/C21H33N5O2.HI/c1-21(27,18-14-25-26(2)15-18)16-24-20(22-11-10-19-9-6-12-28-19)23-13-17-7-4-3-5-8-17;/h6,9,12,14-15,17,27H,3-5,7-8,10-11,13,16H2,1-2H3,(H2,22,23,24);1H. The molecule has 0 radical (unpaired) electrons. The van der Waals surface area contributed by atoms with Gasteiger partial charge in [0.05, 0.1) is 19.0 Å². The van der Waals surface area contributed by atoms with Crippen molar-refractivity contribution in [2.24, 2.45) is 18.0 Å². The molecule has 0 aromatic carbocycles. The topological polar surface area (TPSA) is 87.6 Å². The van der Waals surface area contributed by atoms with Crippen LogP contribution in [0.1, 0.15) is 50.4 Å². The fourth-order valence-corrected chi connectivity index (χ4v) is 3.59. The predicted octanol–water partition coefficient (Wildman–Crippen LogP) is 3.20. The number of aryl methyl sites for hydroxylation is 1. The van der Waals surface area contributed by atoms with Gasteiger partial charge in [0.1, 0.15) is 11.4 Å². The average Bonchev–Trinajstić information content (AvgIpc) is 3.36. The molecule has 2 heterocycles. The van der Waals surface area contributed by atoms with Crippen LogP contribution in [0.25, 0.3) is 0 Å². The summed E-state index contributed by atoms with van der Waals surface area (Å²) in [7, 11) is 1.84. The molecule has 0 aliphatic heterocycles. The first-order valence-electron chi connectivity index (χ1n) is 10.3. The van der Waals surface area contributed by atoms with E-state index in [9.17, 15) is 5.11 Å². The van der Waals surface area contributed by atoms with Gasteiger partial charge < -0.3 is 20.2 Å². The van der Waals surface area contributed by atoms with Gasteiger partial charge in [-0.05, 0) is 37.8 Å². The molecule has 0 bridgehead atoms. The van der Waals surface area contributed by atoms with Gasteiger partial charge in [0.2, 0.25) is 0 Å². The molecule has 3 N–H and O–H groups in total. The summed E-state index contributed by atoms with van der Waals surface area (Å²) < 4.78 is 7.09. The molecule has 2 aromatic rings. The number of aliphatic hydroxyl groups is 1. The van der Waals surface area contributed by atoms with Gasteiger partial charge >= 0.3 is 0 Å². The largest absolute Gasteiger partial charge is 0.469 e. The Hall–Kier alpha value is -1.55. The van der Waals surface area contributed by atoms with E-state index in [2.05, 4.69) is 20.7 Å². The van der Waals surface area contributed by atoms with Crippen molar-refractivity contribution in [3.63, 3.8) is 0 Å². The molecule has 1 atom stereocenters. The van der Waals surface area contributed by atoms with Crippen LogP contribution in [0, 0.1) is 5.92 Å². The number of hydrogen-bond acceptors (Lipinski definition) is 4. The van der Waals surface area contributed by atoms with E-state index in [0.717, 1.165) is 36.8 Å². The van der Waals surface area contributed by atoms with Crippen molar-refractivity contribution in [1.82, 2.24) is 20.4 Å². The number of rotatable bonds is 8. The zero-order valence-corrected chi connectivity index (χ0v) is 19.8. The Morgan fingerprint density at radius 3 is 2.79 bits per heavy atom. The smallest absolute Gasteiger partial charge is 0.191 e. The first-order chi connectivity index (χ1) is 13.5. The third-order valence-corrected chi connectivity index (χ3v) is 5.40. The molecule has 1 unspecified atom stereocenters. The fraction of sp³-hybridized carbons (Fsp3) is 0.619. The van der Waals surface area contributed by atoms with Crippen LogP contribution in [0.3, 0.4) is 0 Å². The SMILES string of the molecule is Cn1cc(C(C)(O)CN=C(NCCc2ccco2)NCC2CCCCC2)cn1.I. The van der Waals surface area contributed by atoms with Crippen molar-refractivity contribution < 1.29 is 9.52 Å². The second-order valence-electron chi connectivity index (χ2n) is 7.98. The molecule has 1 aliphatic carbocycles. The highest BCUT2D eigenvalue weighted by molar-refractivity contribution is 14.0. The summed E-state index contributed by atoms with van der Waals surface area (Å²) in [6.45, 7) is 3.68. The van der Waals surface area contributed by atoms with Gasteiger partial charge in [0.15, 0.2) is 5.96 Å². The van der Waals surface area contributed by atoms with Gasteiger partial charge in [-0.15, -0.1) is 24.0 Å². The number of halogens is 1. The molecule has 29 heavy (non-hydrogen) atoms. The Morgan fingerprint density at radius 2 is 2.14 bits per heavy atom. The lowest BCUT2D eigenvalue weighted by Crippen LogP contribution is -2.42.